The van der Waals surface area contributed by atoms with Crippen LogP contribution < -0.4 is 9.64 Å². The van der Waals surface area contributed by atoms with E-state index < -0.39 is 0 Å². The summed E-state index contributed by atoms with van der Waals surface area (Å²) < 4.78 is 11.4. The fourth-order valence-corrected chi connectivity index (χ4v) is 3.15. The van der Waals surface area contributed by atoms with Crippen LogP contribution >= 0.6 is 11.6 Å². The van der Waals surface area contributed by atoms with Gasteiger partial charge in [-0.3, -0.25) is 4.98 Å². The third kappa shape index (κ3) is 3.68. The van der Waals surface area contributed by atoms with E-state index in [4.69, 9.17) is 21.1 Å². The summed E-state index contributed by atoms with van der Waals surface area (Å²) in [6.07, 6.45) is 5.83. The Kier molecular flexibility index (Phi) is 5.37. The minimum Gasteiger partial charge on any atom is -0.490 e. The Balaban J connectivity index is 1.85. The van der Waals surface area contributed by atoms with Crippen LogP contribution in [-0.4, -0.2) is 42.4 Å². The summed E-state index contributed by atoms with van der Waals surface area (Å²) in [5.41, 5.74) is 1.23. The molecular weight excluding hydrogens is 340 g/mol. The molecule has 130 valence electrons. The van der Waals surface area contributed by atoms with Gasteiger partial charge in [0.15, 0.2) is 0 Å². The van der Waals surface area contributed by atoms with E-state index in [9.17, 15) is 5.26 Å². The van der Waals surface area contributed by atoms with E-state index in [1.165, 1.54) is 0 Å². The number of anilines is 1. The first kappa shape index (κ1) is 17.5. The van der Waals surface area contributed by atoms with Crippen molar-refractivity contribution in [3.63, 3.8) is 0 Å². The third-order valence-corrected chi connectivity index (χ3v) is 4.81. The Morgan fingerprint density at radius 3 is 2.96 bits per heavy atom. The molecule has 2 aromatic rings. The quantitative estimate of drug-likeness (QED) is 0.818. The number of methoxy groups -OCH3 is 1. The normalized spacial score (nSPS) is 19.7. The van der Waals surface area contributed by atoms with E-state index in [0.717, 1.165) is 12.0 Å². The molecule has 2 aromatic heterocycles. The molecule has 3 heterocycles. The molecule has 3 rings (SSSR count). The van der Waals surface area contributed by atoms with Crippen molar-refractivity contribution in [3.8, 4) is 11.8 Å². The van der Waals surface area contributed by atoms with E-state index >= 15 is 0 Å². The van der Waals surface area contributed by atoms with E-state index in [1.807, 2.05) is 19.1 Å². The van der Waals surface area contributed by atoms with Gasteiger partial charge in [-0.2, -0.15) is 5.26 Å². The van der Waals surface area contributed by atoms with Gasteiger partial charge in [-0.15, -0.1) is 0 Å². The lowest BCUT2D eigenvalue weighted by Gasteiger charge is -2.26. The zero-order valence-corrected chi connectivity index (χ0v) is 14.9. The lowest BCUT2D eigenvalue weighted by atomic mass is 10.1. The van der Waals surface area contributed by atoms with Crippen LogP contribution in [0.2, 0.25) is 5.02 Å². The highest BCUT2D eigenvalue weighted by Gasteiger charge is 2.35. The maximum absolute atomic E-state index is 9.56. The summed E-state index contributed by atoms with van der Waals surface area (Å²) in [7, 11) is 1.69. The molecule has 0 amide bonds. The first-order chi connectivity index (χ1) is 12.1. The molecule has 2 atom stereocenters. The molecule has 0 aliphatic carbocycles. The van der Waals surface area contributed by atoms with Crippen LogP contribution in [0.15, 0.2) is 30.7 Å². The lowest BCUT2D eigenvalue weighted by molar-refractivity contribution is 0.115. The SMILES string of the molecule is CO[C@@H]1C[C@@H](COc2cccnc2)N(c2ncc(Cl)c(C)c2C#N)C1. The van der Waals surface area contributed by atoms with Crippen molar-refractivity contribution >= 4 is 17.4 Å². The highest BCUT2D eigenvalue weighted by Crippen LogP contribution is 2.32. The van der Waals surface area contributed by atoms with Crippen molar-refractivity contribution < 1.29 is 9.47 Å². The molecule has 1 aliphatic heterocycles. The van der Waals surface area contributed by atoms with Gasteiger partial charge in [-0.1, -0.05) is 11.6 Å². The summed E-state index contributed by atoms with van der Waals surface area (Å²) in [5, 5.41) is 10.0. The Morgan fingerprint density at radius 2 is 2.28 bits per heavy atom. The van der Waals surface area contributed by atoms with Crippen molar-refractivity contribution in [1.82, 2.24) is 9.97 Å². The van der Waals surface area contributed by atoms with Crippen molar-refractivity contribution in [1.29, 1.82) is 5.26 Å². The second-order valence-electron chi connectivity index (χ2n) is 5.94. The van der Waals surface area contributed by atoms with E-state index in [1.54, 1.807) is 25.7 Å². The molecule has 1 fully saturated rings. The zero-order chi connectivity index (χ0) is 17.8. The number of aromatic nitrogens is 2. The first-order valence-electron chi connectivity index (χ1n) is 8.01. The van der Waals surface area contributed by atoms with E-state index in [-0.39, 0.29) is 12.1 Å². The van der Waals surface area contributed by atoms with Gasteiger partial charge in [0, 0.05) is 26.0 Å². The van der Waals surface area contributed by atoms with Gasteiger partial charge in [-0.05, 0) is 31.0 Å². The number of rotatable bonds is 5. The number of nitrogens with zero attached hydrogens (tertiary/aromatic N) is 4. The van der Waals surface area contributed by atoms with Gasteiger partial charge in [0.2, 0.25) is 0 Å². The molecule has 0 spiro atoms. The van der Waals surface area contributed by atoms with Crippen LogP contribution in [0, 0.1) is 18.3 Å². The van der Waals surface area contributed by atoms with Gasteiger partial charge >= 0.3 is 0 Å². The van der Waals surface area contributed by atoms with Crippen LogP contribution in [0.3, 0.4) is 0 Å². The maximum Gasteiger partial charge on any atom is 0.147 e. The molecule has 1 saturated heterocycles. The summed E-state index contributed by atoms with van der Waals surface area (Å²) in [6, 6.07) is 5.97. The molecule has 25 heavy (non-hydrogen) atoms. The minimum absolute atomic E-state index is 0.0466. The fraction of sp³-hybridized carbons (Fsp3) is 0.389. The molecule has 0 saturated carbocycles. The minimum atomic E-state index is 0.0466. The Morgan fingerprint density at radius 1 is 1.44 bits per heavy atom. The predicted octanol–water partition coefficient (Wildman–Crippen LogP) is 2.98. The van der Waals surface area contributed by atoms with Crippen LogP contribution in [0.4, 0.5) is 5.82 Å². The van der Waals surface area contributed by atoms with Crippen LogP contribution in [0.1, 0.15) is 17.5 Å². The molecule has 0 bridgehead atoms. The standard InChI is InChI=1S/C18H19ClN4O2/c1-12-16(7-20)18(22-9-17(12)19)23-10-15(24-2)6-13(23)11-25-14-4-3-5-21-8-14/h3-5,8-9,13,15H,6,10-11H2,1-2H3/t13-,15+/m0/s1. The topological polar surface area (TPSA) is 71.3 Å². The monoisotopic (exact) mass is 358 g/mol. The first-order valence-corrected chi connectivity index (χ1v) is 8.39. The number of pyridine rings is 2. The molecule has 0 N–H and O–H groups in total. The number of hydrogen-bond donors (Lipinski definition) is 0. The summed E-state index contributed by atoms with van der Waals surface area (Å²) in [4.78, 5) is 10.5. The fourth-order valence-electron chi connectivity index (χ4n) is 3.00. The summed E-state index contributed by atoms with van der Waals surface area (Å²) in [6.45, 7) is 2.94. The molecule has 1 aliphatic rings. The van der Waals surface area contributed by atoms with Crippen LogP contribution in [-0.2, 0) is 4.74 Å². The molecule has 6 nitrogen and oxygen atoms in total. The third-order valence-electron chi connectivity index (χ3n) is 4.43. The van der Waals surface area contributed by atoms with Gasteiger partial charge in [0.05, 0.1) is 28.9 Å². The number of hydrogen-bond acceptors (Lipinski definition) is 6. The van der Waals surface area contributed by atoms with Crippen molar-refractivity contribution in [2.75, 3.05) is 25.2 Å². The molecule has 0 radical (unpaired) electrons. The highest BCUT2D eigenvalue weighted by atomic mass is 35.5. The Bertz CT molecular complexity index is 779. The zero-order valence-electron chi connectivity index (χ0n) is 14.1. The Hall–Kier alpha value is -2.36. The molecular formula is C18H19ClN4O2. The van der Waals surface area contributed by atoms with Crippen molar-refractivity contribution in [2.24, 2.45) is 0 Å². The molecule has 7 heteroatoms. The smallest absolute Gasteiger partial charge is 0.147 e. The summed E-state index contributed by atoms with van der Waals surface area (Å²) in [5.74, 6) is 1.34. The van der Waals surface area contributed by atoms with E-state index in [2.05, 4.69) is 20.9 Å². The highest BCUT2D eigenvalue weighted by molar-refractivity contribution is 6.31. The number of nitriles is 1. The maximum atomic E-state index is 9.56. The second kappa shape index (κ2) is 7.68. The van der Waals surface area contributed by atoms with Crippen molar-refractivity contribution in [3.05, 3.63) is 46.9 Å². The van der Waals surface area contributed by atoms with Gasteiger partial charge in [0.25, 0.3) is 0 Å². The van der Waals surface area contributed by atoms with Gasteiger partial charge < -0.3 is 14.4 Å². The average molecular weight is 359 g/mol. The largest absolute Gasteiger partial charge is 0.490 e. The summed E-state index contributed by atoms with van der Waals surface area (Å²) >= 11 is 6.12. The molecule has 0 aromatic carbocycles. The lowest BCUT2D eigenvalue weighted by Crippen LogP contribution is -2.35. The van der Waals surface area contributed by atoms with Crippen LogP contribution in [0.5, 0.6) is 5.75 Å². The van der Waals surface area contributed by atoms with E-state index in [0.29, 0.717) is 35.3 Å². The average Bonchev–Trinajstić information content (AvgIpc) is 3.06. The molecule has 0 unspecified atom stereocenters. The predicted molar refractivity (Wildman–Crippen MR) is 95.0 cm³/mol. The number of halogens is 1. The Labute approximate surface area is 152 Å². The van der Waals surface area contributed by atoms with Crippen LogP contribution in [0.25, 0.3) is 0 Å². The van der Waals surface area contributed by atoms with Crippen molar-refractivity contribution in [2.45, 2.75) is 25.5 Å². The van der Waals surface area contributed by atoms with Gasteiger partial charge in [-0.25, -0.2) is 4.98 Å². The number of ether oxygens (including phenoxy) is 2. The second-order valence-corrected chi connectivity index (χ2v) is 6.35. The van der Waals surface area contributed by atoms with Gasteiger partial charge in [0.1, 0.15) is 24.2 Å².